The molecule has 0 fully saturated rings. The van der Waals surface area contributed by atoms with E-state index in [-0.39, 0.29) is 12.3 Å². The van der Waals surface area contributed by atoms with Crippen molar-refractivity contribution in [2.45, 2.75) is 26.2 Å². The van der Waals surface area contributed by atoms with Gasteiger partial charge in [0.25, 0.3) is 0 Å². The number of primary amides is 1. The molecule has 132 valence electrons. The summed E-state index contributed by atoms with van der Waals surface area (Å²) < 4.78 is 21.2. The monoisotopic (exact) mass is 320 g/mol. The average Bonchev–Trinajstić information content (AvgIpc) is 2.50. The van der Waals surface area contributed by atoms with E-state index >= 15 is 0 Å². The van der Waals surface area contributed by atoms with Crippen LogP contribution in [0.15, 0.2) is 0 Å². The van der Waals surface area contributed by atoms with Crippen LogP contribution in [0, 0.1) is 0 Å². The van der Waals surface area contributed by atoms with Gasteiger partial charge in [0.15, 0.2) is 0 Å². The van der Waals surface area contributed by atoms with E-state index in [1.807, 2.05) is 0 Å². The van der Waals surface area contributed by atoms with Gasteiger partial charge < -0.3 is 30.0 Å². The Labute approximate surface area is 133 Å². The van der Waals surface area contributed by atoms with Crippen molar-refractivity contribution in [3.05, 3.63) is 0 Å². The van der Waals surface area contributed by atoms with Gasteiger partial charge in [-0.2, -0.15) is 0 Å². The van der Waals surface area contributed by atoms with E-state index in [1.165, 1.54) is 12.8 Å². The minimum Gasteiger partial charge on any atom is -0.379 e. The second-order valence-electron chi connectivity index (χ2n) is 4.77. The van der Waals surface area contributed by atoms with Gasteiger partial charge in [0.05, 0.1) is 52.9 Å². The van der Waals surface area contributed by atoms with Gasteiger partial charge in [-0.3, -0.25) is 4.79 Å². The standard InChI is InChI=1S/C15H32N2O5/c1-2-3-5-17-6-8-20-10-12-22-14-13-21-11-9-19-7-4-15(16)18/h17H,2-14H2,1H3,(H2,16,18). The smallest absolute Gasteiger partial charge is 0.219 e. The van der Waals surface area contributed by atoms with Gasteiger partial charge in [-0.25, -0.2) is 0 Å². The maximum Gasteiger partial charge on any atom is 0.219 e. The Hall–Kier alpha value is -0.730. The van der Waals surface area contributed by atoms with Crippen molar-refractivity contribution >= 4 is 5.91 Å². The predicted molar refractivity (Wildman–Crippen MR) is 84.9 cm³/mol. The summed E-state index contributed by atoms with van der Waals surface area (Å²) in [5.74, 6) is -0.353. The minimum absolute atomic E-state index is 0.247. The highest BCUT2D eigenvalue weighted by molar-refractivity contribution is 5.73. The summed E-state index contributed by atoms with van der Waals surface area (Å²) in [6.07, 6.45) is 2.67. The maximum absolute atomic E-state index is 10.4. The molecule has 7 heteroatoms. The van der Waals surface area contributed by atoms with Crippen LogP contribution in [-0.2, 0) is 23.7 Å². The number of rotatable bonds is 18. The average molecular weight is 320 g/mol. The fourth-order valence-corrected chi connectivity index (χ4v) is 1.51. The normalized spacial score (nSPS) is 11.0. The van der Waals surface area contributed by atoms with Crippen molar-refractivity contribution in [3.8, 4) is 0 Å². The first-order valence-electron chi connectivity index (χ1n) is 8.07. The Kier molecular flexibility index (Phi) is 17.7. The van der Waals surface area contributed by atoms with Crippen LogP contribution >= 0.6 is 0 Å². The molecule has 0 saturated heterocycles. The van der Waals surface area contributed by atoms with Crippen LogP contribution in [0.1, 0.15) is 26.2 Å². The van der Waals surface area contributed by atoms with Crippen LogP contribution in [0.3, 0.4) is 0 Å². The van der Waals surface area contributed by atoms with Crippen LogP contribution in [0.25, 0.3) is 0 Å². The molecule has 22 heavy (non-hydrogen) atoms. The topological polar surface area (TPSA) is 92.0 Å². The van der Waals surface area contributed by atoms with E-state index < -0.39 is 0 Å². The molecule has 7 nitrogen and oxygen atoms in total. The number of hydrogen-bond donors (Lipinski definition) is 2. The van der Waals surface area contributed by atoms with Gasteiger partial charge in [0, 0.05) is 13.0 Å². The number of nitrogens with two attached hydrogens (primary N) is 1. The Morgan fingerprint density at radius 1 is 0.818 bits per heavy atom. The van der Waals surface area contributed by atoms with Gasteiger partial charge >= 0.3 is 0 Å². The molecular weight excluding hydrogens is 288 g/mol. The lowest BCUT2D eigenvalue weighted by molar-refractivity contribution is -0.119. The van der Waals surface area contributed by atoms with Crippen LogP contribution in [0.2, 0.25) is 0 Å². The summed E-state index contributed by atoms with van der Waals surface area (Å²) in [4.78, 5) is 10.4. The van der Waals surface area contributed by atoms with E-state index in [1.54, 1.807) is 0 Å². The molecule has 3 N–H and O–H groups in total. The van der Waals surface area contributed by atoms with Gasteiger partial charge in [-0.15, -0.1) is 0 Å². The van der Waals surface area contributed by atoms with Gasteiger partial charge in [-0.05, 0) is 13.0 Å². The molecule has 0 heterocycles. The molecule has 0 spiro atoms. The number of hydrogen-bond acceptors (Lipinski definition) is 6. The lowest BCUT2D eigenvalue weighted by atomic mass is 10.3. The molecule has 0 saturated carbocycles. The number of amides is 1. The van der Waals surface area contributed by atoms with Crippen LogP contribution < -0.4 is 11.1 Å². The highest BCUT2D eigenvalue weighted by Gasteiger charge is 1.95. The first kappa shape index (κ1) is 21.3. The zero-order chi connectivity index (χ0) is 16.3. The first-order valence-corrected chi connectivity index (χ1v) is 8.07. The lowest BCUT2D eigenvalue weighted by Crippen LogP contribution is -2.21. The Bertz CT molecular complexity index is 242. The third-order valence-corrected chi connectivity index (χ3v) is 2.74. The number of unbranched alkanes of at least 4 members (excludes halogenated alkanes) is 1. The third-order valence-electron chi connectivity index (χ3n) is 2.74. The molecule has 0 aliphatic rings. The van der Waals surface area contributed by atoms with E-state index in [0.29, 0.717) is 52.9 Å². The SMILES string of the molecule is CCCCNCCOCCOCCOCCOCCC(N)=O. The van der Waals surface area contributed by atoms with Crippen molar-refractivity contribution in [1.82, 2.24) is 5.32 Å². The molecule has 1 amide bonds. The summed E-state index contributed by atoms with van der Waals surface area (Å²) in [7, 11) is 0. The van der Waals surface area contributed by atoms with Crippen LogP contribution in [0.4, 0.5) is 0 Å². The highest BCUT2D eigenvalue weighted by Crippen LogP contribution is 1.85. The van der Waals surface area contributed by atoms with Crippen LogP contribution in [-0.4, -0.2) is 71.9 Å². The zero-order valence-electron chi connectivity index (χ0n) is 13.8. The molecule has 0 aliphatic heterocycles. The summed E-state index contributed by atoms with van der Waals surface area (Å²) in [5, 5.41) is 3.31. The molecule has 0 unspecified atom stereocenters. The third kappa shape index (κ3) is 19.3. The Balaban J connectivity index is 2.95. The maximum atomic E-state index is 10.4. The molecule has 0 rings (SSSR count). The van der Waals surface area contributed by atoms with Gasteiger partial charge in [0.1, 0.15) is 0 Å². The van der Waals surface area contributed by atoms with Gasteiger partial charge in [-0.1, -0.05) is 13.3 Å². The molecular formula is C15H32N2O5. The van der Waals surface area contributed by atoms with Crippen LogP contribution in [0.5, 0.6) is 0 Å². The number of nitrogens with one attached hydrogen (secondary N) is 1. The van der Waals surface area contributed by atoms with Crippen molar-refractivity contribution in [2.75, 3.05) is 65.9 Å². The molecule has 0 aromatic rings. The van der Waals surface area contributed by atoms with Crippen molar-refractivity contribution in [3.63, 3.8) is 0 Å². The highest BCUT2D eigenvalue weighted by atomic mass is 16.6. The molecule has 0 atom stereocenters. The van der Waals surface area contributed by atoms with E-state index in [2.05, 4.69) is 12.2 Å². The summed E-state index contributed by atoms with van der Waals surface area (Å²) in [5.41, 5.74) is 4.98. The van der Waals surface area contributed by atoms with Crippen molar-refractivity contribution < 1.29 is 23.7 Å². The number of carbonyl (C=O) groups excluding carboxylic acids is 1. The van der Waals surface area contributed by atoms with E-state index in [9.17, 15) is 4.79 Å². The molecule has 0 aromatic heterocycles. The van der Waals surface area contributed by atoms with Gasteiger partial charge in [0.2, 0.25) is 5.91 Å². The van der Waals surface area contributed by atoms with Crippen molar-refractivity contribution in [1.29, 1.82) is 0 Å². The summed E-state index contributed by atoms with van der Waals surface area (Å²) in [6, 6.07) is 0. The largest absolute Gasteiger partial charge is 0.379 e. The van der Waals surface area contributed by atoms with E-state index in [4.69, 9.17) is 24.7 Å². The molecule has 0 aliphatic carbocycles. The minimum atomic E-state index is -0.353. The number of carbonyl (C=O) groups is 1. The Morgan fingerprint density at radius 3 is 1.82 bits per heavy atom. The molecule has 0 radical (unpaired) electrons. The lowest BCUT2D eigenvalue weighted by Gasteiger charge is -2.07. The summed E-state index contributed by atoms with van der Waals surface area (Å²) in [6.45, 7) is 8.38. The summed E-state index contributed by atoms with van der Waals surface area (Å²) >= 11 is 0. The number of ether oxygens (including phenoxy) is 4. The fourth-order valence-electron chi connectivity index (χ4n) is 1.51. The van der Waals surface area contributed by atoms with Crippen molar-refractivity contribution in [2.24, 2.45) is 5.73 Å². The molecule has 0 aromatic carbocycles. The Morgan fingerprint density at radius 2 is 1.32 bits per heavy atom. The predicted octanol–water partition coefficient (Wildman–Crippen LogP) is 0.318. The molecule has 0 bridgehead atoms. The van der Waals surface area contributed by atoms with E-state index in [0.717, 1.165) is 13.1 Å². The second kappa shape index (κ2) is 18.3. The second-order valence-corrected chi connectivity index (χ2v) is 4.77. The first-order chi connectivity index (χ1) is 10.8. The quantitative estimate of drug-likeness (QED) is 0.353. The zero-order valence-corrected chi connectivity index (χ0v) is 13.8. The fraction of sp³-hybridized carbons (Fsp3) is 0.933.